The molecule has 0 bridgehead atoms. The molecule has 152 valence electrons. The summed E-state index contributed by atoms with van der Waals surface area (Å²) in [4.78, 5) is 28.1. The van der Waals surface area contributed by atoms with Crippen molar-refractivity contribution in [1.82, 2.24) is 10.4 Å². The molecule has 8 nitrogen and oxygen atoms in total. The third-order valence-corrected chi connectivity index (χ3v) is 4.01. The van der Waals surface area contributed by atoms with Crippen molar-refractivity contribution in [2.45, 2.75) is 0 Å². The molecule has 3 aromatic rings. The minimum Gasteiger partial charge on any atom is -0.493 e. The van der Waals surface area contributed by atoms with Crippen molar-refractivity contribution < 1.29 is 23.8 Å². The summed E-state index contributed by atoms with van der Waals surface area (Å²) < 4.78 is 15.7. The molecule has 0 radical (unpaired) electrons. The highest BCUT2D eigenvalue weighted by molar-refractivity contribution is 5.94. The van der Waals surface area contributed by atoms with E-state index in [9.17, 15) is 9.59 Å². The van der Waals surface area contributed by atoms with Gasteiger partial charge in [0.15, 0.2) is 11.5 Å². The van der Waals surface area contributed by atoms with E-state index in [1.807, 2.05) is 0 Å². The van der Waals surface area contributed by atoms with Crippen molar-refractivity contribution in [3.05, 3.63) is 83.7 Å². The molecule has 1 N–H and O–H groups in total. The summed E-state index contributed by atoms with van der Waals surface area (Å²) in [7, 11) is 3.01. The predicted molar refractivity (Wildman–Crippen MR) is 110 cm³/mol. The molecule has 0 saturated heterocycles. The van der Waals surface area contributed by atoms with Crippen molar-refractivity contribution >= 4 is 18.1 Å². The van der Waals surface area contributed by atoms with E-state index in [4.69, 9.17) is 14.2 Å². The van der Waals surface area contributed by atoms with E-state index in [2.05, 4.69) is 15.5 Å². The Morgan fingerprint density at radius 2 is 1.73 bits per heavy atom. The van der Waals surface area contributed by atoms with E-state index in [0.717, 1.165) is 0 Å². The molecule has 0 aliphatic heterocycles. The van der Waals surface area contributed by atoms with Crippen LogP contribution in [0, 0.1) is 0 Å². The molecular formula is C22H19N3O5. The first-order chi connectivity index (χ1) is 14.6. The van der Waals surface area contributed by atoms with Gasteiger partial charge in [0.25, 0.3) is 5.91 Å². The molecule has 0 aliphatic rings. The highest BCUT2D eigenvalue weighted by Gasteiger charge is 2.13. The Bertz CT molecular complexity index is 1050. The molecule has 8 heteroatoms. The average molecular weight is 405 g/mol. The first-order valence-corrected chi connectivity index (χ1v) is 8.88. The second kappa shape index (κ2) is 9.83. The maximum absolute atomic E-state index is 12.4. The number of hydrogen-bond donors (Lipinski definition) is 1. The Morgan fingerprint density at radius 3 is 2.40 bits per heavy atom. The van der Waals surface area contributed by atoms with E-state index in [0.29, 0.717) is 33.9 Å². The molecule has 0 saturated carbocycles. The van der Waals surface area contributed by atoms with Crippen LogP contribution in [0.15, 0.2) is 72.1 Å². The van der Waals surface area contributed by atoms with Gasteiger partial charge in [-0.2, -0.15) is 5.10 Å². The Labute approximate surface area is 173 Å². The van der Waals surface area contributed by atoms with Crippen LogP contribution in [0.1, 0.15) is 26.3 Å². The largest absolute Gasteiger partial charge is 0.493 e. The van der Waals surface area contributed by atoms with Gasteiger partial charge < -0.3 is 14.2 Å². The van der Waals surface area contributed by atoms with Crippen LogP contribution in [0.4, 0.5) is 0 Å². The molecule has 1 aromatic heterocycles. The first kappa shape index (κ1) is 20.5. The maximum Gasteiger partial charge on any atom is 0.343 e. The van der Waals surface area contributed by atoms with E-state index in [1.165, 1.54) is 26.6 Å². The second-order valence-corrected chi connectivity index (χ2v) is 5.97. The van der Waals surface area contributed by atoms with Crippen molar-refractivity contribution in [3.8, 4) is 17.2 Å². The molecule has 0 aliphatic carbocycles. The van der Waals surface area contributed by atoms with Gasteiger partial charge in [-0.15, -0.1) is 0 Å². The van der Waals surface area contributed by atoms with Gasteiger partial charge in [0, 0.05) is 12.4 Å². The number of carbonyl (C=O) groups is 2. The van der Waals surface area contributed by atoms with Gasteiger partial charge in [-0.3, -0.25) is 9.78 Å². The summed E-state index contributed by atoms with van der Waals surface area (Å²) in [5, 5.41) is 3.91. The number of aromatic nitrogens is 1. The normalized spacial score (nSPS) is 10.5. The second-order valence-electron chi connectivity index (χ2n) is 5.97. The van der Waals surface area contributed by atoms with Crippen LogP contribution in [0.3, 0.4) is 0 Å². The van der Waals surface area contributed by atoms with Crippen molar-refractivity contribution in [3.63, 3.8) is 0 Å². The summed E-state index contributed by atoms with van der Waals surface area (Å²) in [6.45, 7) is 0. The quantitative estimate of drug-likeness (QED) is 0.281. The van der Waals surface area contributed by atoms with Gasteiger partial charge in [-0.25, -0.2) is 10.2 Å². The molecule has 1 amide bonds. The zero-order valence-corrected chi connectivity index (χ0v) is 16.4. The lowest BCUT2D eigenvalue weighted by Crippen LogP contribution is -2.17. The zero-order valence-electron chi connectivity index (χ0n) is 16.4. The number of esters is 1. The van der Waals surface area contributed by atoms with Gasteiger partial charge >= 0.3 is 5.97 Å². The fourth-order valence-corrected chi connectivity index (χ4v) is 2.48. The Hall–Kier alpha value is -4.20. The number of methoxy groups -OCH3 is 2. The SMILES string of the molecule is COc1ccc(C(=O)Oc2ccc(/C=N/NC(=O)c3cccnc3)cc2)cc1OC. The number of nitrogens with zero attached hydrogens (tertiary/aromatic N) is 2. The minimum absolute atomic E-state index is 0.330. The Morgan fingerprint density at radius 1 is 0.967 bits per heavy atom. The number of carbonyl (C=O) groups excluding carboxylic acids is 2. The standard InChI is InChI=1S/C22H19N3O5/c1-28-19-10-7-16(12-20(19)29-2)22(27)30-18-8-5-15(6-9-18)13-24-25-21(26)17-4-3-11-23-14-17/h3-14H,1-2H3,(H,25,26)/b24-13+. The lowest BCUT2D eigenvalue weighted by Gasteiger charge is -2.09. The van der Waals surface area contributed by atoms with Gasteiger partial charge in [0.05, 0.1) is 31.6 Å². The van der Waals surface area contributed by atoms with E-state index < -0.39 is 5.97 Å². The Balaban J connectivity index is 1.59. The highest BCUT2D eigenvalue weighted by Crippen LogP contribution is 2.28. The summed E-state index contributed by atoms with van der Waals surface area (Å²) in [6, 6.07) is 14.7. The van der Waals surface area contributed by atoms with Crippen molar-refractivity contribution in [2.24, 2.45) is 5.10 Å². The molecule has 1 heterocycles. The Kier molecular flexibility index (Phi) is 6.73. The van der Waals surface area contributed by atoms with Crippen molar-refractivity contribution in [1.29, 1.82) is 0 Å². The third-order valence-electron chi connectivity index (χ3n) is 4.01. The van der Waals surface area contributed by atoms with E-state index in [-0.39, 0.29) is 5.91 Å². The molecule has 0 unspecified atom stereocenters. The van der Waals surface area contributed by atoms with Crippen LogP contribution in [-0.4, -0.2) is 37.3 Å². The fraction of sp³-hybridized carbons (Fsp3) is 0.0909. The number of hydrogen-bond acceptors (Lipinski definition) is 7. The summed E-state index contributed by atoms with van der Waals surface area (Å²) >= 11 is 0. The monoisotopic (exact) mass is 405 g/mol. The number of benzene rings is 2. The molecule has 2 aromatic carbocycles. The molecule has 3 rings (SSSR count). The molecule has 0 atom stereocenters. The number of pyridine rings is 1. The number of nitrogens with one attached hydrogen (secondary N) is 1. The summed E-state index contributed by atoms with van der Waals surface area (Å²) in [5.74, 6) is 0.437. The lowest BCUT2D eigenvalue weighted by molar-refractivity contribution is 0.0734. The van der Waals surface area contributed by atoms with Gasteiger partial charge in [0.1, 0.15) is 5.75 Å². The third kappa shape index (κ3) is 5.20. The summed E-state index contributed by atoms with van der Waals surface area (Å²) in [6.07, 6.45) is 4.51. The lowest BCUT2D eigenvalue weighted by atomic mass is 10.2. The smallest absolute Gasteiger partial charge is 0.343 e. The number of rotatable bonds is 7. The molecular weight excluding hydrogens is 386 g/mol. The van der Waals surface area contributed by atoms with Crippen LogP contribution in [0.25, 0.3) is 0 Å². The maximum atomic E-state index is 12.4. The average Bonchev–Trinajstić information content (AvgIpc) is 2.80. The van der Waals surface area contributed by atoms with Crippen LogP contribution < -0.4 is 19.6 Å². The predicted octanol–water partition coefficient (Wildman–Crippen LogP) is 3.08. The summed E-state index contributed by atoms with van der Waals surface area (Å²) in [5.41, 5.74) is 3.87. The molecule has 0 spiro atoms. The van der Waals surface area contributed by atoms with Crippen LogP contribution in [0.2, 0.25) is 0 Å². The highest BCUT2D eigenvalue weighted by atomic mass is 16.5. The van der Waals surface area contributed by atoms with Crippen molar-refractivity contribution in [2.75, 3.05) is 14.2 Å². The number of amides is 1. The van der Waals surface area contributed by atoms with Gasteiger partial charge in [-0.1, -0.05) is 0 Å². The zero-order chi connectivity index (χ0) is 21.3. The topological polar surface area (TPSA) is 99.1 Å². The molecule has 0 fully saturated rings. The van der Waals surface area contributed by atoms with E-state index >= 15 is 0 Å². The fourth-order valence-electron chi connectivity index (χ4n) is 2.48. The van der Waals surface area contributed by atoms with Crippen LogP contribution in [0.5, 0.6) is 17.2 Å². The first-order valence-electron chi connectivity index (χ1n) is 8.88. The van der Waals surface area contributed by atoms with Crippen LogP contribution >= 0.6 is 0 Å². The minimum atomic E-state index is -0.527. The van der Waals surface area contributed by atoms with Gasteiger partial charge in [0.2, 0.25) is 0 Å². The number of hydrazone groups is 1. The van der Waals surface area contributed by atoms with Gasteiger partial charge in [-0.05, 0) is 60.2 Å². The number of ether oxygens (including phenoxy) is 3. The molecule has 30 heavy (non-hydrogen) atoms. The van der Waals surface area contributed by atoms with E-state index in [1.54, 1.807) is 60.8 Å². The van der Waals surface area contributed by atoms with Crippen LogP contribution in [-0.2, 0) is 0 Å².